The Kier molecular flexibility index (Phi) is 6.68. The second kappa shape index (κ2) is 9.18. The Labute approximate surface area is 167 Å². The van der Waals surface area contributed by atoms with Gasteiger partial charge in [0.2, 0.25) is 0 Å². The number of aliphatic imine (C=N–C) groups is 1. The number of fused-ring (bicyclic) bond motifs is 1. The van der Waals surface area contributed by atoms with Crippen molar-refractivity contribution in [3.8, 4) is 5.75 Å². The Balaban J connectivity index is 1.59. The highest BCUT2D eigenvalue weighted by molar-refractivity contribution is 9.10. The molecule has 8 nitrogen and oxygen atoms in total. The molecule has 1 aliphatic rings. The fourth-order valence-corrected chi connectivity index (χ4v) is 3.53. The zero-order valence-electron chi connectivity index (χ0n) is 15.8. The van der Waals surface area contributed by atoms with Gasteiger partial charge in [-0.3, -0.25) is 4.99 Å². The maximum atomic E-state index is 5.43. The molecule has 0 amide bonds. The molecular weight excluding hydrogens is 412 g/mol. The van der Waals surface area contributed by atoms with Crippen LogP contribution in [0.25, 0.3) is 0 Å². The Morgan fingerprint density at radius 1 is 1.41 bits per heavy atom. The van der Waals surface area contributed by atoms with Crippen molar-refractivity contribution in [1.82, 2.24) is 25.4 Å². The van der Waals surface area contributed by atoms with Gasteiger partial charge in [-0.05, 0) is 24.6 Å². The minimum absolute atomic E-state index is 0.241. The van der Waals surface area contributed by atoms with Crippen LogP contribution in [0.15, 0.2) is 27.7 Å². The molecule has 0 saturated heterocycles. The zero-order valence-corrected chi connectivity index (χ0v) is 17.4. The van der Waals surface area contributed by atoms with Crippen molar-refractivity contribution in [3.63, 3.8) is 0 Å². The van der Waals surface area contributed by atoms with Crippen LogP contribution >= 0.6 is 15.9 Å². The monoisotopic (exact) mass is 436 g/mol. The number of benzene rings is 1. The van der Waals surface area contributed by atoms with Gasteiger partial charge in [-0.15, -0.1) is 0 Å². The van der Waals surface area contributed by atoms with Crippen LogP contribution in [0.1, 0.15) is 23.6 Å². The lowest BCUT2D eigenvalue weighted by molar-refractivity contribution is 0.177. The van der Waals surface area contributed by atoms with E-state index in [1.807, 2.05) is 22.9 Å². The molecular formula is C18H25BrN6O2. The Hall–Kier alpha value is -2.13. The van der Waals surface area contributed by atoms with E-state index < -0.39 is 0 Å². The van der Waals surface area contributed by atoms with E-state index in [0.29, 0.717) is 13.2 Å². The predicted molar refractivity (Wildman–Crippen MR) is 107 cm³/mol. The van der Waals surface area contributed by atoms with Gasteiger partial charge in [0, 0.05) is 43.2 Å². The lowest BCUT2D eigenvalue weighted by atomic mass is 10.1. The first-order valence-corrected chi connectivity index (χ1v) is 9.63. The first-order chi connectivity index (χ1) is 13.1. The van der Waals surface area contributed by atoms with E-state index in [0.717, 1.165) is 52.8 Å². The number of nitrogens with one attached hydrogen (secondary N) is 2. The number of guanidine groups is 1. The van der Waals surface area contributed by atoms with Crippen molar-refractivity contribution >= 4 is 21.9 Å². The summed E-state index contributed by atoms with van der Waals surface area (Å²) < 4.78 is 13.5. The summed E-state index contributed by atoms with van der Waals surface area (Å²) >= 11 is 3.50. The maximum Gasteiger partial charge on any atom is 0.191 e. The molecule has 1 aromatic carbocycles. The second-order valence-corrected chi connectivity index (χ2v) is 7.24. The Morgan fingerprint density at radius 3 is 3.00 bits per heavy atom. The van der Waals surface area contributed by atoms with Crippen molar-refractivity contribution in [2.24, 2.45) is 4.99 Å². The Bertz CT molecular complexity index is 807. The highest BCUT2D eigenvalue weighted by Gasteiger charge is 2.22. The van der Waals surface area contributed by atoms with Crippen LogP contribution < -0.4 is 15.4 Å². The summed E-state index contributed by atoms with van der Waals surface area (Å²) in [5.74, 6) is 3.35. The number of aryl methyl sites for hydroxylation is 1. The van der Waals surface area contributed by atoms with Gasteiger partial charge in [-0.1, -0.05) is 15.9 Å². The molecule has 2 aromatic rings. The van der Waals surface area contributed by atoms with Gasteiger partial charge in [0.15, 0.2) is 11.8 Å². The van der Waals surface area contributed by atoms with E-state index in [1.54, 1.807) is 21.3 Å². The third kappa shape index (κ3) is 4.98. The van der Waals surface area contributed by atoms with Gasteiger partial charge in [0.25, 0.3) is 0 Å². The number of rotatable bonds is 6. The third-order valence-corrected chi connectivity index (χ3v) is 4.92. The van der Waals surface area contributed by atoms with Gasteiger partial charge in [0.1, 0.15) is 18.2 Å². The van der Waals surface area contributed by atoms with Crippen LogP contribution in [0.4, 0.5) is 0 Å². The van der Waals surface area contributed by atoms with Crippen molar-refractivity contribution in [3.05, 3.63) is 39.9 Å². The summed E-state index contributed by atoms with van der Waals surface area (Å²) in [5, 5.41) is 11.3. The molecule has 1 unspecified atom stereocenters. The summed E-state index contributed by atoms with van der Waals surface area (Å²) in [6.45, 7) is 1.81. The number of hydrogen-bond acceptors (Lipinski definition) is 5. The van der Waals surface area contributed by atoms with Gasteiger partial charge < -0.3 is 20.1 Å². The predicted octanol–water partition coefficient (Wildman–Crippen LogP) is 1.88. The number of methoxy groups -OCH3 is 2. The second-order valence-electron chi connectivity index (χ2n) is 6.32. The van der Waals surface area contributed by atoms with E-state index in [9.17, 15) is 0 Å². The van der Waals surface area contributed by atoms with E-state index in [-0.39, 0.29) is 6.04 Å². The fraction of sp³-hybridized carbons (Fsp3) is 0.500. The van der Waals surface area contributed by atoms with Crippen LogP contribution in [0.5, 0.6) is 5.75 Å². The van der Waals surface area contributed by atoms with Crippen LogP contribution in [-0.4, -0.2) is 48.0 Å². The molecule has 1 aromatic heterocycles. The summed E-state index contributed by atoms with van der Waals surface area (Å²) in [7, 11) is 5.10. The molecule has 0 fully saturated rings. The molecule has 0 radical (unpaired) electrons. The minimum Gasteiger partial charge on any atom is -0.496 e. The molecule has 146 valence electrons. The number of hydrogen-bond donors (Lipinski definition) is 2. The normalized spacial score (nSPS) is 16.7. The zero-order chi connectivity index (χ0) is 19.2. The standard InChI is InChI=1S/C18H25BrN6O2/c1-20-18(21-9-12-8-13(19)4-6-15(12)27-3)22-14-5-7-17-23-16(11-26-2)24-25(17)10-14/h4,6,8,14H,5,7,9-11H2,1-3H3,(H2,20,21,22). The smallest absolute Gasteiger partial charge is 0.191 e. The molecule has 1 atom stereocenters. The van der Waals surface area contributed by atoms with Crippen LogP contribution in [0.3, 0.4) is 0 Å². The van der Waals surface area contributed by atoms with Crippen LogP contribution in [0.2, 0.25) is 0 Å². The van der Waals surface area contributed by atoms with Gasteiger partial charge in [0.05, 0.1) is 13.7 Å². The molecule has 0 aliphatic carbocycles. The molecule has 3 rings (SSSR count). The van der Waals surface area contributed by atoms with Crippen molar-refractivity contribution in [2.45, 2.75) is 38.6 Å². The SMILES string of the molecule is CN=C(NCc1cc(Br)ccc1OC)NC1CCc2nc(COC)nn2C1. The van der Waals surface area contributed by atoms with Crippen LogP contribution in [0, 0.1) is 0 Å². The topological polar surface area (TPSA) is 85.6 Å². The summed E-state index contributed by atoms with van der Waals surface area (Å²) in [6.07, 6.45) is 1.86. The largest absolute Gasteiger partial charge is 0.496 e. The molecule has 1 aliphatic heterocycles. The first-order valence-electron chi connectivity index (χ1n) is 8.84. The summed E-state index contributed by atoms with van der Waals surface area (Å²) in [4.78, 5) is 8.85. The van der Waals surface area contributed by atoms with Gasteiger partial charge in [-0.25, -0.2) is 9.67 Å². The number of nitrogens with zero attached hydrogens (tertiary/aromatic N) is 4. The molecule has 2 N–H and O–H groups in total. The van der Waals surface area contributed by atoms with Crippen molar-refractivity contribution in [2.75, 3.05) is 21.3 Å². The molecule has 0 saturated carbocycles. The number of halogens is 1. The molecule has 9 heteroatoms. The minimum atomic E-state index is 0.241. The summed E-state index contributed by atoms with van der Waals surface area (Å²) in [5.41, 5.74) is 1.06. The quantitative estimate of drug-likeness (QED) is 0.530. The first kappa shape index (κ1) is 19.6. The molecule has 0 bridgehead atoms. The number of ether oxygens (including phenoxy) is 2. The molecule has 2 heterocycles. The molecule has 0 spiro atoms. The molecule has 27 heavy (non-hydrogen) atoms. The highest BCUT2D eigenvalue weighted by Crippen LogP contribution is 2.22. The van der Waals surface area contributed by atoms with Gasteiger partial charge >= 0.3 is 0 Å². The van der Waals surface area contributed by atoms with E-state index in [2.05, 4.69) is 41.6 Å². The lowest BCUT2D eigenvalue weighted by Crippen LogP contribution is -2.46. The van der Waals surface area contributed by atoms with Gasteiger partial charge in [-0.2, -0.15) is 5.10 Å². The van der Waals surface area contributed by atoms with E-state index >= 15 is 0 Å². The fourth-order valence-electron chi connectivity index (χ4n) is 3.12. The van der Waals surface area contributed by atoms with E-state index in [4.69, 9.17) is 9.47 Å². The van der Waals surface area contributed by atoms with Crippen molar-refractivity contribution in [1.29, 1.82) is 0 Å². The highest BCUT2D eigenvalue weighted by atomic mass is 79.9. The van der Waals surface area contributed by atoms with Crippen LogP contribution in [-0.2, 0) is 30.9 Å². The average Bonchev–Trinajstić information content (AvgIpc) is 3.07. The Morgan fingerprint density at radius 2 is 2.26 bits per heavy atom. The third-order valence-electron chi connectivity index (χ3n) is 4.43. The average molecular weight is 437 g/mol. The van der Waals surface area contributed by atoms with E-state index in [1.165, 1.54) is 0 Å². The number of aromatic nitrogens is 3. The summed E-state index contributed by atoms with van der Waals surface area (Å²) in [6, 6.07) is 6.19. The maximum absolute atomic E-state index is 5.43. The lowest BCUT2D eigenvalue weighted by Gasteiger charge is -2.25. The van der Waals surface area contributed by atoms with Crippen molar-refractivity contribution < 1.29 is 9.47 Å².